The molecule has 0 spiro atoms. The molecular formula is C15H22ClN3O3. The zero-order chi connectivity index (χ0) is 15.5. The third-order valence-electron chi connectivity index (χ3n) is 4.26. The Labute approximate surface area is 135 Å². The predicted molar refractivity (Wildman–Crippen MR) is 81.8 cm³/mol. The molecule has 0 aliphatic carbocycles. The zero-order valence-electron chi connectivity index (χ0n) is 12.8. The van der Waals surface area contributed by atoms with Crippen molar-refractivity contribution in [1.82, 2.24) is 14.7 Å². The third kappa shape index (κ3) is 3.80. The number of halogens is 1. The van der Waals surface area contributed by atoms with Gasteiger partial charge in [0, 0.05) is 38.5 Å². The lowest BCUT2D eigenvalue weighted by molar-refractivity contribution is -0.134. The van der Waals surface area contributed by atoms with E-state index in [0.29, 0.717) is 18.2 Å². The van der Waals surface area contributed by atoms with Gasteiger partial charge in [-0.25, -0.2) is 0 Å². The quantitative estimate of drug-likeness (QED) is 0.839. The summed E-state index contributed by atoms with van der Waals surface area (Å²) < 4.78 is 13.0. The first-order valence-electron chi connectivity index (χ1n) is 7.81. The molecule has 6 nitrogen and oxygen atoms in total. The number of carbonyl (C=O) groups excluding carboxylic acids is 1. The summed E-state index contributed by atoms with van der Waals surface area (Å²) in [6, 6.07) is 0. The first-order valence-corrected chi connectivity index (χ1v) is 8.18. The summed E-state index contributed by atoms with van der Waals surface area (Å²) in [7, 11) is 1.80. The van der Waals surface area contributed by atoms with Gasteiger partial charge in [0.25, 0.3) is 0 Å². The number of carbonyl (C=O) groups is 1. The number of hydrogen-bond acceptors (Lipinski definition) is 4. The van der Waals surface area contributed by atoms with E-state index >= 15 is 0 Å². The van der Waals surface area contributed by atoms with Crippen molar-refractivity contribution < 1.29 is 14.3 Å². The molecule has 7 heteroatoms. The van der Waals surface area contributed by atoms with Crippen molar-refractivity contribution in [1.29, 1.82) is 0 Å². The summed E-state index contributed by atoms with van der Waals surface area (Å²) in [5.41, 5.74) is 0.788. The molecule has 22 heavy (non-hydrogen) atoms. The fourth-order valence-corrected chi connectivity index (χ4v) is 3.27. The average molecular weight is 328 g/mol. The smallest absolute Gasteiger partial charge is 0.227 e. The number of aromatic nitrogens is 2. The SMILES string of the molecule is Cn1cc(CC(=O)N2CCC(OC3CCOC3)CC2)c(Cl)n1. The monoisotopic (exact) mass is 327 g/mol. The maximum Gasteiger partial charge on any atom is 0.227 e. The van der Waals surface area contributed by atoms with Crippen LogP contribution < -0.4 is 0 Å². The Morgan fingerprint density at radius 3 is 2.77 bits per heavy atom. The predicted octanol–water partition coefficient (Wildman–Crippen LogP) is 1.41. The molecule has 2 aliphatic heterocycles. The number of amides is 1. The molecule has 3 heterocycles. The largest absolute Gasteiger partial charge is 0.379 e. The number of likely N-dealkylation sites (tertiary alicyclic amines) is 1. The van der Waals surface area contributed by atoms with Crippen molar-refractivity contribution in [3.05, 3.63) is 16.9 Å². The van der Waals surface area contributed by atoms with Crippen LogP contribution in [0.5, 0.6) is 0 Å². The Morgan fingerprint density at radius 1 is 1.41 bits per heavy atom. The molecule has 1 amide bonds. The van der Waals surface area contributed by atoms with E-state index < -0.39 is 0 Å². The van der Waals surface area contributed by atoms with Crippen molar-refractivity contribution in [2.24, 2.45) is 7.05 Å². The Kier molecular flexibility index (Phi) is 5.00. The molecule has 3 rings (SSSR count). The molecule has 2 saturated heterocycles. The van der Waals surface area contributed by atoms with Crippen LogP contribution in [0.1, 0.15) is 24.8 Å². The van der Waals surface area contributed by atoms with Crippen LogP contribution >= 0.6 is 11.6 Å². The van der Waals surface area contributed by atoms with Crippen molar-refractivity contribution in [2.45, 2.75) is 37.9 Å². The Bertz CT molecular complexity index is 520. The minimum Gasteiger partial charge on any atom is -0.379 e. The average Bonchev–Trinajstić information content (AvgIpc) is 3.10. The van der Waals surface area contributed by atoms with E-state index in [1.807, 2.05) is 4.90 Å². The lowest BCUT2D eigenvalue weighted by Crippen LogP contribution is -2.42. The summed E-state index contributed by atoms with van der Waals surface area (Å²) in [5, 5.41) is 4.47. The van der Waals surface area contributed by atoms with Crippen molar-refractivity contribution in [2.75, 3.05) is 26.3 Å². The molecule has 0 bridgehead atoms. The molecule has 1 aromatic heterocycles. The zero-order valence-corrected chi connectivity index (χ0v) is 13.6. The number of nitrogens with zero attached hydrogens (tertiary/aromatic N) is 3. The maximum atomic E-state index is 12.3. The van der Waals surface area contributed by atoms with Gasteiger partial charge in [-0.15, -0.1) is 0 Å². The lowest BCUT2D eigenvalue weighted by atomic mass is 10.1. The van der Waals surface area contributed by atoms with E-state index in [-0.39, 0.29) is 18.1 Å². The van der Waals surface area contributed by atoms with Gasteiger partial charge in [0.15, 0.2) is 5.15 Å². The van der Waals surface area contributed by atoms with Gasteiger partial charge in [0.2, 0.25) is 5.91 Å². The van der Waals surface area contributed by atoms with Crippen LogP contribution in [0, 0.1) is 0 Å². The minimum atomic E-state index is 0.109. The number of hydrogen-bond donors (Lipinski definition) is 0. The van der Waals surface area contributed by atoms with E-state index in [1.54, 1.807) is 17.9 Å². The van der Waals surface area contributed by atoms with Crippen molar-refractivity contribution in [3.63, 3.8) is 0 Å². The molecule has 0 aromatic carbocycles. The van der Waals surface area contributed by atoms with Crippen LogP contribution in [0.3, 0.4) is 0 Å². The second-order valence-corrected chi connectivity index (χ2v) is 6.36. The van der Waals surface area contributed by atoms with Crippen LogP contribution in [0.15, 0.2) is 6.20 Å². The Hall–Kier alpha value is -1.11. The number of rotatable bonds is 4. The molecule has 1 aromatic rings. The van der Waals surface area contributed by atoms with Crippen LogP contribution in [-0.2, 0) is 27.7 Å². The molecule has 122 valence electrons. The fourth-order valence-electron chi connectivity index (χ4n) is 3.04. The van der Waals surface area contributed by atoms with E-state index in [1.165, 1.54) is 0 Å². The van der Waals surface area contributed by atoms with Gasteiger partial charge in [-0.1, -0.05) is 11.6 Å². The molecule has 0 radical (unpaired) electrons. The van der Waals surface area contributed by atoms with Crippen LogP contribution in [-0.4, -0.2) is 59.1 Å². The van der Waals surface area contributed by atoms with Gasteiger partial charge in [-0.05, 0) is 19.3 Å². The molecule has 0 N–H and O–H groups in total. The molecular weight excluding hydrogens is 306 g/mol. The highest BCUT2D eigenvalue weighted by molar-refractivity contribution is 6.30. The third-order valence-corrected chi connectivity index (χ3v) is 4.58. The highest BCUT2D eigenvalue weighted by Crippen LogP contribution is 2.20. The summed E-state index contributed by atoms with van der Waals surface area (Å²) >= 11 is 6.01. The van der Waals surface area contributed by atoms with Crippen LogP contribution in [0.2, 0.25) is 5.15 Å². The van der Waals surface area contributed by atoms with Gasteiger partial charge in [-0.2, -0.15) is 5.10 Å². The van der Waals surface area contributed by atoms with E-state index in [9.17, 15) is 4.79 Å². The highest BCUT2D eigenvalue weighted by Gasteiger charge is 2.27. The second kappa shape index (κ2) is 6.98. The van der Waals surface area contributed by atoms with Crippen molar-refractivity contribution >= 4 is 17.5 Å². The number of aryl methyl sites for hydroxylation is 1. The van der Waals surface area contributed by atoms with E-state index in [0.717, 1.165) is 44.5 Å². The van der Waals surface area contributed by atoms with E-state index in [2.05, 4.69) is 5.10 Å². The van der Waals surface area contributed by atoms with Gasteiger partial charge in [-0.3, -0.25) is 9.48 Å². The molecule has 1 unspecified atom stereocenters. The van der Waals surface area contributed by atoms with Gasteiger partial charge < -0.3 is 14.4 Å². The maximum absolute atomic E-state index is 12.3. The fraction of sp³-hybridized carbons (Fsp3) is 0.733. The first-order chi connectivity index (χ1) is 10.6. The van der Waals surface area contributed by atoms with Gasteiger partial charge in [0.05, 0.1) is 25.2 Å². The number of piperidine rings is 1. The van der Waals surface area contributed by atoms with Crippen molar-refractivity contribution in [3.8, 4) is 0 Å². The Morgan fingerprint density at radius 2 is 2.18 bits per heavy atom. The normalized spacial score (nSPS) is 23.2. The minimum absolute atomic E-state index is 0.109. The highest BCUT2D eigenvalue weighted by atomic mass is 35.5. The van der Waals surface area contributed by atoms with Gasteiger partial charge >= 0.3 is 0 Å². The number of ether oxygens (including phenoxy) is 2. The summed E-state index contributed by atoms with van der Waals surface area (Å²) in [6.45, 7) is 3.00. The Balaban J connectivity index is 1.46. The summed E-state index contributed by atoms with van der Waals surface area (Å²) in [5.74, 6) is 0.109. The second-order valence-electron chi connectivity index (χ2n) is 6.00. The molecule has 2 fully saturated rings. The summed E-state index contributed by atoms with van der Waals surface area (Å²) in [4.78, 5) is 14.2. The van der Waals surface area contributed by atoms with E-state index in [4.69, 9.17) is 21.1 Å². The van der Waals surface area contributed by atoms with Crippen LogP contribution in [0.4, 0.5) is 0 Å². The molecule has 1 atom stereocenters. The van der Waals surface area contributed by atoms with Crippen LogP contribution in [0.25, 0.3) is 0 Å². The molecule has 0 saturated carbocycles. The topological polar surface area (TPSA) is 56.6 Å². The van der Waals surface area contributed by atoms with Gasteiger partial charge in [0.1, 0.15) is 0 Å². The summed E-state index contributed by atoms with van der Waals surface area (Å²) in [6.07, 6.45) is 5.37. The lowest BCUT2D eigenvalue weighted by Gasteiger charge is -2.33. The standard InChI is InChI=1S/C15H22ClN3O3/c1-18-9-11(15(16)17-18)8-14(20)19-5-2-12(3-6-19)22-13-4-7-21-10-13/h9,12-13H,2-8,10H2,1H3. The molecule has 2 aliphatic rings. The first kappa shape index (κ1) is 15.8.